The third-order valence-corrected chi connectivity index (χ3v) is 3.37. The molecule has 0 aromatic carbocycles. The average molecular weight is 155 g/mol. The first kappa shape index (κ1) is 7.56. The Labute approximate surface area is 68.1 Å². The fourth-order valence-electron chi connectivity index (χ4n) is 2.22. The highest BCUT2D eigenvalue weighted by atomic mass is 16.5. The van der Waals surface area contributed by atoms with Gasteiger partial charge in [0.05, 0.1) is 6.10 Å². The van der Waals surface area contributed by atoms with Gasteiger partial charge >= 0.3 is 0 Å². The maximum absolute atomic E-state index is 6.20. The van der Waals surface area contributed by atoms with E-state index in [4.69, 9.17) is 10.5 Å². The van der Waals surface area contributed by atoms with Crippen LogP contribution in [0.25, 0.3) is 0 Å². The van der Waals surface area contributed by atoms with Gasteiger partial charge in [0.2, 0.25) is 0 Å². The van der Waals surface area contributed by atoms with Crippen molar-refractivity contribution in [2.75, 3.05) is 6.61 Å². The highest BCUT2D eigenvalue weighted by molar-refractivity contribution is 5.19. The number of hydrogen-bond donors (Lipinski definition) is 1. The molecule has 2 atom stereocenters. The Morgan fingerprint density at radius 3 is 2.45 bits per heavy atom. The summed E-state index contributed by atoms with van der Waals surface area (Å²) in [6, 6.07) is 0. The highest BCUT2D eigenvalue weighted by Gasteiger charge is 2.63. The van der Waals surface area contributed by atoms with Crippen molar-refractivity contribution in [1.82, 2.24) is 0 Å². The first-order valence-electron chi connectivity index (χ1n) is 4.47. The topological polar surface area (TPSA) is 35.2 Å². The molecule has 2 aliphatic rings. The van der Waals surface area contributed by atoms with E-state index in [1.54, 1.807) is 0 Å². The minimum Gasteiger partial charge on any atom is -0.376 e. The standard InChI is InChI=1S/C9H17NO/c1-8(2)6-9(8,10)7-4-3-5-11-7/h7H,3-6,10H2,1-2H3. The molecular weight excluding hydrogens is 138 g/mol. The minimum atomic E-state index is 0.00347. The summed E-state index contributed by atoms with van der Waals surface area (Å²) >= 11 is 0. The molecule has 0 radical (unpaired) electrons. The van der Waals surface area contributed by atoms with Crippen molar-refractivity contribution in [2.24, 2.45) is 11.1 Å². The van der Waals surface area contributed by atoms with E-state index in [1.165, 1.54) is 12.8 Å². The van der Waals surface area contributed by atoms with Crippen molar-refractivity contribution in [3.8, 4) is 0 Å². The van der Waals surface area contributed by atoms with Crippen molar-refractivity contribution >= 4 is 0 Å². The molecule has 1 aliphatic heterocycles. The van der Waals surface area contributed by atoms with Crippen LogP contribution in [-0.2, 0) is 4.74 Å². The highest BCUT2D eigenvalue weighted by Crippen LogP contribution is 2.57. The number of ether oxygens (including phenoxy) is 1. The first-order chi connectivity index (χ1) is 5.06. The van der Waals surface area contributed by atoms with Gasteiger partial charge in [0.1, 0.15) is 0 Å². The lowest BCUT2D eigenvalue weighted by Crippen LogP contribution is -2.41. The van der Waals surface area contributed by atoms with Crippen LogP contribution in [0.1, 0.15) is 33.1 Å². The van der Waals surface area contributed by atoms with E-state index in [2.05, 4.69) is 13.8 Å². The molecule has 2 N–H and O–H groups in total. The van der Waals surface area contributed by atoms with Crippen molar-refractivity contribution < 1.29 is 4.74 Å². The SMILES string of the molecule is CC1(C)CC1(N)C1CCCO1. The van der Waals surface area contributed by atoms with Gasteiger partial charge in [-0.2, -0.15) is 0 Å². The molecule has 2 unspecified atom stereocenters. The monoisotopic (exact) mass is 155 g/mol. The molecule has 1 saturated carbocycles. The van der Waals surface area contributed by atoms with Gasteiger partial charge in [-0.25, -0.2) is 0 Å². The second-order valence-corrected chi connectivity index (χ2v) is 4.60. The number of nitrogens with two attached hydrogens (primary N) is 1. The Hall–Kier alpha value is -0.0800. The van der Waals surface area contributed by atoms with Crippen LogP contribution in [0.3, 0.4) is 0 Å². The Bertz CT molecular complexity index is 172. The van der Waals surface area contributed by atoms with E-state index in [0.29, 0.717) is 11.5 Å². The third kappa shape index (κ3) is 0.926. The molecule has 64 valence electrons. The molecule has 0 aromatic rings. The summed E-state index contributed by atoms with van der Waals surface area (Å²) in [5.74, 6) is 0. The Balaban J connectivity index is 2.06. The molecule has 11 heavy (non-hydrogen) atoms. The summed E-state index contributed by atoms with van der Waals surface area (Å²) < 4.78 is 5.59. The zero-order valence-electron chi connectivity index (χ0n) is 7.39. The zero-order chi connectivity index (χ0) is 8.11. The van der Waals surface area contributed by atoms with Crippen LogP contribution in [0.4, 0.5) is 0 Å². The predicted molar refractivity (Wildman–Crippen MR) is 44.3 cm³/mol. The molecule has 1 aliphatic carbocycles. The van der Waals surface area contributed by atoms with Gasteiger partial charge in [-0.3, -0.25) is 0 Å². The van der Waals surface area contributed by atoms with Crippen molar-refractivity contribution in [2.45, 2.75) is 44.8 Å². The molecule has 2 heteroatoms. The molecule has 0 bridgehead atoms. The second-order valence-electron chi connectivity index (χ2n) is 4.60. The molecule has 2 fully saturated rings. The van der Waals surface area contributed by atoms with E-state index < -0.39 is 0 Å². The minimum absolute atomic E-state index is 0.00347. The van der Waals surface area contributed by atoms with Gasteiger partial charge in [0.25, 0.3) is 0 Å². The molecule has 1 heterocycles. The van der Waals surface area contributed by atoms with E-state index in [-0.39, 0.29) is 5.54 Å². The van der Waals surface area contributed by atoms with Gasteiger partial charge in [0, 0.05) is 12.1 Å². The smallest absolute Gasteiger partial charge is 0.0760 e. The van der Waals surface area contributed by atoms with Crippen LogP contribution in [-0.4, -0.2) is 18.2 Å². The molecule has 2 rings (SSSR count). The van der Waals surface area contributed by atoms with Crippen LogP contribution < -0.4 is 5.73 Å². The quantitative estimate of drug-likeness (QED) is 0.619. The normalized spacial score (nSPS) is 47.7. The summed E-state index contributed by atoms with van der Waals surface area (Å²) in [5.41, 5.74) is 6.53. The first-order valence-corrected chi connectivity index (χ1v) is 4.47. The van der Waals surface area contributed by atoms with E-state index in [9.17, 15) is 0 Å². The van der Waals surface area contributed by atoms with Gasteiger partial charge in [-0.05, 0) is 24.7 Å². The van der Waals surface area contributed by atoms with Crippen LogP contribution in [0, 0.1) is 5.41 Å². The lowest BCUT2D eigenvalue weighted by Gasteiger charge is -2.21. The van der Waals surface area contributed by atoms with Gasteiger partial charge in [0.15, 0.2) is 0 Å². The van der Waals surface area contributed by atoms with Crippen LogP contribution >= 0.6 is 0 Å². The molecule has 0 aromatic heterocycles. The van der Waals surface area contributed by atoms with E-state index in [1.807, 2.05) is 0 Å². The van der Waals surface area contributed by atoms with E-state index in [0.717, 1.165) is 13.0 Å². The fraction of sp³-hybridized carbons (Fsp3) is 1.00. The summed E-state index contributed by atoms with van der Waals surface area (Å²) in [7, 11) is 0. The molecule has 2 nitrogen and oxygen atoms in total. The molecule has 0 amide bonds. The summed E-state index contributed by atoms with van der Waals surface area (Å²) in [6.07, 6.45) is 3.84. The van der Waals surface area contributed by atoms with Crippen molar-refractivity contribution in [1.29, 1.82) is 0 Å². The Morgan fingerprint density at radius 2 is 2.09 bits per heavy atom. The number of rotatable bonds is 1. The summed E-state index contributed by atoms with van der Waals surface area (Å²) in [4.78, 5) is 0. The summed E-state index contributed by atoms with van der Waals surface area (Å²) in [6.45, 7) is 5.38. The van der Waals surface area contributed by atoms with Gasteiger partial charge in [-0.1, -0.05) is 13.8 Å². The van der Waals surface area contributed by atoms with Crippen LogP contribution in [0.2, 0.25) is 0 Å². The van der Waals surface area contributed by atoms with Crippen LogP contribution in [0.5, 0.6) is 0 Å². The molecule has 1 saturated heterocycles. The van der Waals surface area contributed by atoms with Crippen LogP contribution in [0.15, 0.2) is 0 Å². The van der Waals surface area contributed by atoms with Gasteiger partial charge < -0.3 is 10.5 Å². The van der Waals surface area contributed by atoms with Crippen molar-refractivity contribution in [3.05, 3.63) is 0 Å². The lowest BCUT2D eigenvalue weighted by atomic mass is 9.98. The largest absolute Gasteiger partial charge is 0.376 e. The Morgan fingerprint density at radius 1 is 1.45 bits per heavy atom. The predicted octanol–water partition coefficient (Wildman–Crippen LogP) is 1.29. The third-order valence-electron chi connectivity index (χ3n) is 3.37. The molecule has 0 spiro atoms. The Kier molecular flexibility index (Phi) is 1.37. The summed E-state index contributed by atoms with van der Waals surface area (Å²) in [5, 5.41) is 0. The average Bonchev–Trinajstić information content (AvgIpc) is 2.36. The lowest BCUT2D eigenvalue weighted by molar-refractivity contribution is 0.0709. The maximum Gasteiger partial charge on any atom is 0.0760 e. The van der Waals surface area contributed by atoms with Gasteiger partial charge in [-0.15, -0.1) is 0 Å². The second kappa shape index (κ2) is 1.99. The van der Waals surface area contributed by atoms with E-state index >= 15 is 0 Å². The molecular formula is C9H17NO. The number of hydrogen-bond acceptors (Lipinski definition) is 2. The van der Waals surface area contributed by atoms with Crippen molar-refractivity contribution in [3.63, 3.8) is 0 Å². The maximum atomic E-state index is 6.20. The fourth-order valence-corrected chi connectivity index (χ4v) is 2.22. The zero-order valence-corrected chi connectivity index (χ0v) is 7.39.